The van der Waals surface area contributed by atoms with E-state index in [9.17, 15) is 14.4 Å². The van der Waals surface area contributed by atoms with Gasteiger partial charge in [0, 0.05) is 24.0 Å². The highest BCUT2D eigenvalue weighted by molar-refractivity contribution is 7.07. The molecule has 0 aliphatic rings. The lowest BCUT2D eigenvalue weighted by molar-refractivity contribution is -0.140. The van der Waals surface area contributed by atoms with E-state index in [0.29, 0.717) is 13.0 Å². The van der Waals surface area contributed by atoms with Gasteiger partial charge in [-0.15, -0.1) is 0 Å². The smallest absolute Gasteiger partial charge is 0.307 e. The van der Waals surface area contributed by atoms with Crippen molar-refractivity contribution in [3.63, 3.8) is 0 Å². The second kappa shape index (κ2) is 8.52. The van der Waals surface area contributed by atoms with Crippen LogP contribution in [0.2, 0.25) is 0 Å². The van der Waals surface area contributed by atoms with Crippen molar-refractivity contribution < 1.29 is 14.3 Å². The number of nitrogens with one attached hydrogen (secondary N) is 1. The quantitative estimate of drug-likeness (QED) is 0.575. The minimum Gasteiger partial charge on any atom is -0.469 e. The lowest BCUT2D eigenvalue weighted by Crippen LogP contribution is -2.31. The van der Waals surface area contributed by atoms with E-state index in [1.165, 1.54) is 11.7 Å². The Kier molecular flexibility index (Phi) is 7.00. The number of methoxy groups -OCH3 is 1. The first-order chi connectivity index (χ1) is 9.54. The number of thiazole rings is 1. The van der Waals surface area contributed by atoms with Gasteiger partial charge in [-0.25, -0.2) is 0 Å². The van der Waals surface area contributed by atoms with Gasteiger partial charge in [0.25, 0.3) is 0 Å². The summed E-state index contributed by atoms with van der Waals surface area (Å²) in [5, 5.41) is 4.51. The van der Waals surface area contributed by atoms with Gasteiger partial charge in [0.15, 0.2) is 0 Å². The van der Waals surface area contributed by atoms with Crippen LogP contribution in [-0.4, -0.2) is 30.1 Å². The largest absolute Gasteiger partial charge is 0.469 e. The first kappa shape index (κ1) is 16.4. The number of nitrogens with zero attached hydrogens (tertiary/aromatic N) is 1. The summed E-state index contributed by atoms with van der Waals surface area (Å²) < 4.78 is 5.99. The molecule has 1 aromatic heterocycles. The van der Waals surface area contributed by atoms with Crippen LogP contribution < -0.4 is 10.2 Å². The molecule has 0 unspecified atom stereocenters. The monoisotopic (exact) mass is 300 g/mol. The molecule has 0 bridgehead atoms. The minimum absolute atomic E-state index is 0.0658. The number of carbonyl (C=O) groups excluding carboxylic acids is 2. The number of amides is 1. The van der Waals surface area contributed by atoms with E-state index in [1.807, 2.05) is 0 Å². The highest BCUT2D eigenvalue weighted by atomic mass is 32.1. The van der Waals surface area contributed by atoms with Crippen molar-refractivity contribution >= 4 is 23.2 Å². The summed E-state index contributed by atoms with van der Waals surface area (Å²) in [6.45, 7) is 2.42. The number of aryl methyl sites for hydroxylation is 1. The highest BCUT2D eigenvalue weighted by Gasteiger charge is 2.07. The van der Waals surface area contributed by atoms with Gasteiger partial charge in [0.05, 0.1) is 7.11 Å². The zero-order valence-corrected chi connectivity index (χ0v) is 12.6. The second-order valence-electron chi connectivity index (χ2n) is 4.47. The Morgan fingerprint density at radius 3 is 2.70 bits per heavy atom. The Labute approximate surface area is 121 Å². The van der Waals surface area contributed by atoms with Gasteiger partial charge in [-0.3, -0.25) is 19.0 Å². The Morgan fingerprint density at radius 2 is 2.10 bits per heavy atom. The van der Waals surface area contributed by atoms with Crippen LogP contribution in [-0.2, 0) is 20.9 Å². The summed E-state index contributed by atoms with van der Waals surface area (Å²) in [6.07, 6.45) is 2.83. The van der Waals surface area contributed by atoms with Crippen molar-refractivity contribution in [2.75, 3.05) is 13.7 Å². The normalized spacial score (nSPS) is 10.3. The van der Waals surface area contributed by atoms with Crippen molar-refractivity contribution in [1.29, 1.82) is 0 Å². The van der Waals surface area contributed by atoms with E-state index in [4.69, 9.17) is 0 Å². The molecular formula is C13H20N2O4S. The molecule has 1 heterocycles. The maximum atomic E-state index is 11.7. The summed E-state index contributed by atoms with van der Waals surface area (Å²) in [5.74, 6) is -0.372. The first-order valence-electron chi connectivity index (χ1n) is 6.53. The molecule has 1 aromatic rings. The van der Waals surface area contributed by atoms with Crippen molar-refractivity contribution in [3.05, 3.63) is 20.7 Å². The molecule has 1 N–H and O–H groups in total. The van der Waals surface area contributed by atoms with Crippen LogP contribution in [0.15, 0.2) is 10.2 Å². The number of hydrogen-bond donors (Lipinski definition) is 1. The third kappa shape index (κ3) is 5.56. The molecule has 1 amide bonds. The fourth-order valence-corrected chi connectivity index (χ4v) is 2.43. The maximum absolute atomic E-state index is 11.7. The van der Waals surface area contributed by atoms with Gasteiger partial charge in [0.1, 0.15) is 6.54 Å². The van der Waals surface area contributed by atoms with Crippen LogP contribution in [0.3, 0.4) is 0 Å². The zero-order chi connectivity index (χ0) is 15.0. The Hall–Kier alpha value is -1.63. The predicted molar refractivity (Wildman–Crippen MR) is 76.8 cm³/mol. The topological polar surface area (TPSA) is 77.4 Å². The van der Waals surface area contributed by atoms with Crippen molar-refractivity contribution in [3.8, 4) is 0 Å². The number of carbonyl (C=O) groups is 2. The minimum atomic E-state index is -0.207. The molecule has 0 fully saturated rings. The Balaban J connectivity index is 2.15. The molecule has 0 saturated heterocycles. The van der Waals surface area contributed by atoms with Gasteiger partial charge in [-0.05, 0) is 19.8 Å². The zero-order valence-electron chi connectivity index (χ0n) is 11.8. The van der Waals surface area contributed by atoms with E-state index < -0.39 is 0 Å². The fraction of sp³-hybridized carbons (Fsp3) is 0.615. The number of ether oxygens (including phenoxy) is 1. The van der Waals surface area contributed by atoms with Crippen LogP contribution in [0.1, 0.15) is 31.4 Å². The lowest BCUT2D eigenvalue weighted by Gasteiger charge is -2.06. The third-order valence-corrected chi connectivity index (χ3v) is 3.77. The first-order valence-corrected chi connectivity index (χ1v) is 7.41. The Bertz CT molecular complexity index is 507. The predicted octanol–water partition coefficient (Wildman–Crippen LogP) is 1.07. The number of esters is 1. The summed E-state index contributed by atoms with van der Waals surface area (Å²) >= 11 is 1.10. The summed E-state index contributed by atoms with van der Waals surface area (Å²) in [6, 6.07) is 0. The second-order valence-corrected chi connectivity index (χ2v) is 5.29. The number of rotatable bonds is 8. The summed E-state index contributed by atoms with van der Waals surface area (Å²) in [7, 11) is 1.37. The van der Waals surface area contributed by atoms with Gasteiger partial charge in [-0.2, -0.15) is 0 Å². The average molecular weight is 300 g/mol. The highest BCUT2D eigenvalue weighted by Crippen LogP contribution is 2.01. The molecular weight excluding hydrogens is 280 g/mol. The van der Waals surface area contributed by atoms with Gasteiger partial charge in [-0.1, -0.05) is 17.8 Å². The molecule has 112 valence electrons. The van der Waals surface area contributed by atoms with Crippen LogP contribution in [0.5, 0.6) is 0 Å². The summed E-state index contributed by atoms with van der Waals surface area (Å²) in [4.78, 5) is 33.9. The van der Waals surface area contributed by atoms with Gasteiger partial charge in [0.2, 0.25) is 5.91 Å². The van der Waals surface area contributed by atoms with Crippen LogP contribution in [0.4, 0.5) is 0 Å². The van der Waals surface area contributed by atoms with E-state index in [2.05, 4.69) is 10.1 Å². The van der Waals surface area contributed by atoms with Crippen LogP contribution >= 0.6 is 11.3 Å². The molecule has 0 atom stereocenters. The molecule has 0 aromatic carbocycles. The molecule has 1 rings (SSSR count). The molecule has 20 heavy (non-hydrogen) atoms. The maximum Gasteiger partial charge on any atom is 0.307 e. The molecule has 7 heteroatoms. The van der Waals surface area contributed by atoms with E-state index >= 15 is 0 Å². The SMILES string of the molecule is COC(=O)CCCCCNC(=O)Cn1c(C)csc1=O. The molecule has 0 aliphatic carbocycles. The van der Waals surface area contributed by atoms with Crippen LogP contribution in [0, 0.1) is 6.92 Å². The van der Waals surface area contributed by atoms with Crippen molar-refractivity contribution in [2.24, 2.45) is 0 Å². The number of hydrogen-bond acceptors (Lipinski definition) is 5. The number of aromatic nitrogens is 1. The van der Waals surface area contributed by atoms with Crippen molar-refractivity contribution in [2.45, 2.75) is 39.2 Å². The van der Waals surface area contributed by atoms with E-state index in [-0.39, 0.29) is 23.3 Å². The molecule has 0 spiro atoms. The standard InChI is InChI=1S/C13H20N2O4S/c1-10-9-20-13(18)15(10)8-11(16)14-7-5-3-4-6-12(17)19-2/h9H,3-8H2,1-2H3,(H,14,16). The number of unbranched alkanes of at least 4 members (excludes halogenated alkanes) is 2. The Morgan fingerprint density at radius 1 is 1.35 bits per heavy atom. The fourth-order valence-electron chi connectivity index (χ4n) is 1.70. The van der Waals surface area contributed by atoms with Gasteiger partial charge < -0.3 is 10.1 Å². The van der Waals surface area contributed by atoms with Crippen molar-refractivity contribution in [1.82, 2.24) is 9.88 Å². The lowest BCUT2D eigenvalue weighted by atomic mass is 10.2. The molecule has 6 nitrogen and oxygen atoms in total. The summed E-state index contributed by atoms with van der Waals surface area (Å²) in [5.41, 5.74) is 0.799. The molecule has 0 radical (unpaired) electrons. The van der Waals surface area contributed by atoms with Crippen LogP contribution in [0.25, 0.3) is 0 Å². The molecule has 0 saturated carbocycles. The third-order valence-electron chi connectivity index (χ3n) is 2.89. The average Bonchev–Trinajstić information content (AvgIpc) is 2.74. The molecule has 0 aliphatic heterocycles. The van der Waals surface area contributed by atoms with E-state index in [0.717, 1.165) is 36.3 Å². The van der Waals surface area contributed by atoms with Gasteiger partial charge >= 0.3 is 10.8 Å². The van der Waals surface area contributed by atoms with E-state index in [1.54, 1.807) is 12.3 Å².